The van der Waals surface area contributed by atoms with Crippen molar-refractivity contribution in [2.45, 2.75) is 31.8 Å². The normalized spacial score (nSPS) is 28.5. The zero-order chi connectivity index (χ0) is 12.7. The minimum Gasteiger partial charge on any atom is -0.364 e. The van der Waals surface area contributed by atoms with Gasteiger partial charge in [-0.05, 0) is 38.4 Å². The Kier molecular flexibility index (Phi) is 2.98. The summed E-state index contributed by atoms with van der Waals surface area (Å²) < 4.78 is 26.8. The van der Waals surface area contributed by atoms with E-state index < -0.39 is 11.6 Å². The second-order valence-electron chi connectivity index (χ2n) is 5.39. The summed E-state index contributed by atoms with van der Waals surface area (Å²) in [5, 5.41) is 0. The van der Waals surface area contributed by atoms with Crippen LogP contribution in [-0.2, 0) is 0 Å². The van der Waals surface area contributed by atoms with Crippen molar-refractivity contribution in [1.82, 2.24) is 4.90 Å². The Labute approximate surface area is 106 Å². The molecule has 2 unspecified atom stereocenters. The average molecular weight is 252 g/mol. The van der Waals surface area contributed by atoms with E-state index in [4.69, 9.17) is 0 Å². The first-order valence-electron chi connectivity index (χ1n) is 6.61. The minimum atomic E-state index is -0.511. The summed E-state index contributed by atoms with van der Waals surface area (Å²) in [7, 11) is 0. The van der Waals surface area contributed by atoms with Gasteiger partial charge in [0.1, 0.15) is 11.6 Å². The Morgan fingerprint density at radius 3 is 2.83 bits per heavy atom. The van der Waals surface area contributed by atoms with Gasteiger partial charge in [0.25, 0.3) is 0 Å². The summed E-state index contributed by atoms with van der Waals surface area (Å²) >= 11 is 0. The number of halogens is 2. The maximum absolute atomic E-state index is 13.9. The van der Waals surface area contributed by atoms with E-state index in [0.29, 0.717) is 11.7 Å². The fourth-order valence-electron chi connectivity index (χ4n) is 3.24. The molecule has 0 N–H and O–H groups in total. The molecule has 98 valence electrons. The maximum Gasteiger partial charge on any atom is 0.149 e. The Bertz CT molecular complexity index is 449. The molecule has 0 amide bonds. The van der Waals surface area contributed by atoms with Crippen molar-refractivity contribution >= 4 is 5.69 Å². The molecule has 0 radical (unpaired) electrons. The quantitative estimate of drug-likeness (QED) is 0.758. The van der Waals surface area contributed by atoms with Gasteiger partial charge < -0.3 is 4.90 Å². The van der Waals surface area contributed by atoms with Crippen molar-refractivity contribution in [2.24, 2.45) is 0 Å². The highest BCUT2D eigenvalue weighted by Gasteiger charge is 2.35. The zero-order valence-electron chi connectivity index (χ0n) is 10.6. The molecule has 0 aromatic heterocycles. The Hall–Kier alpha value is -1.16. The second kappa shape index (κ2) is 4.50. The summed E-state index contributed by atoms with van der Waals surface area (Å²) in [5.41, 5.74) is 0.537. The number of hydrogen-bond acceptors (Lipinski definition) is 2. The van der Waals surface area contributed by atoms with Crippen molar-refractivity contribution in [1.29, 1.82) is 0 Å². The first-order valence-corrected chi connectivity index (χ1v) is 6.61. The van der Waals surface area contributed by atoms with Gasteiger partial charge in [0.2, 0.25) is 0 Å². The molecule has 0 bridgehead atoms. The molecule has 2 nitrogen and oxygen atoms in total. The lowest BCUT2D eigenvalue weighted by Gasteiger charge is -2.43. The molecule has 2 atom stereocenters. The summed E-state index contributed by atoms with van der Waals surface area (Å²) in [6.07, 6.45) is 2.42. The van der Waals surface area contributed by atoms with Gasteiger partial charge in [0.05, 0.1) is 5.69 Å². The molecule has 2 aliphatic heterocycles. The molecular weight excluding hydrogens is 234 g/mol. The van der Waals surface area contributed by atoms with E-state index in [-0.39, 0.29) is 6.04 Å². The fraction of sp³-hybridized carbons (Fsp3) is 0.571. The Morgan fingerprint density at radius 2 is 2.06 bits per heavy atom. The molecule has 2 aliphatic rings. The van der Waals surface area contributed by atoms with Crippen molar-refractivity contribution < 1.29 is 8.78 Å². The van der Waals surface area contributed by atoms with Crippen molar-refractivity contribution in [3.8, 4) is 0 Å². The number of hydrogen-bond donors (Lipinski definition) is 0. The number of rotatable bonds is 1. The third kappa shape index (κ3) is 1.99. The van der Waals surface area contributed by atoms with Crippen LogP contribution in [0, 0.1) is 11.6 Å². The largest absolute Gasteiger partial charge is 0.364 e. The van der Waals surface area contributed by atoms with Gasteiger partial charge in [0, 0.05) is 31.2 Å². The van der Waals surface area contributed by atoms with E-state index in [1.807, 2.05) is 0 Å². The van der Waals surface area contributed by atoms with Crippen LogP contribution in [0.5, 0.6) is 0 Å². The molecular formula is C14H18F2N2. The zero-order valence-corrected chi connectivity index (χ0v) is 10.6. The van der Waals surface area contributed by atoms with E-state index in [1.54, 1.807) is 6.07 Å². The van der Waals surface area contributed by atoms with Gasteiger partial charge in [-0.3, -0.25) is 4.90 Å². The van der Waals surface area contributed by atoms with Gasteiger partial charge in [-0.1, -0.05) is 0 Å². The van der Waals surface area contributed by atoms with E-state index in [1.165, 1.54) is 18.9 Å². The number of benzene rings is 1. The first kappa shape index (κ1) is 11.9. The fourth-order valence-corrected chi connectivity index (χ4v) is 3.24. The third-order valence-electron chi connectivity index (χ3n) is 4.16. The third-order valence-corrected chi connectivity index (χ3v) is 4.16. The molecule has 0 aliphatic carbocycles. The van der Waals surface area contributed by atoms with Crippen LogP contribution in [0.1, 0.15) is 19.8 Å². The van der Waals surface area contributed by atoms with Crippen LogP contribution < -0.4 is 4.90 Å². The van der Waals surface area contributed by atoms with Gasteiger partial charge in [-0.15, -0.1) is 0 Å². The van der Waals surface area contributed by atoms with Crippen LogP contribution in [0.25, 0.3) is 0 Å². The summed E-state index contributed by atoms with van der Waals surface area (Å²) in [5.74, 6) is -0.961. The highest BCUT2D eigenvalue weighted by Crippen LogP contribution is 2.30. The highest BCUT2D eigenvalue weighted by molar-refractivity contribution is 5.49. The second-order valence-corrected chi connectivity index (χ2v) is 5.39. The van der Waals surface area contributed by atoms with E-state index in [9.17, 15) is 8.78 Å². The molecule has 0 spiro atoms. The van der Waals surface area contributed by atoms with Crippen LogP contribution in [-0.4, -0.2) is 36.6 Å². The van der Waals surface area contributed by atoms with Crippen LogP contribution in [0.15, 0.2) is 18.2 Å². The highest BCUT2D eigenvalue weighted by atomic mass is 19.1. The Morgan fingerprint density at radius 1 is 1.22 bits per heavy atom. The number of piperazine rings is 1. The lowest BCUT2D eigenvalue weighted by Crippen LogP contribution is -2.55. The number of anilines is 1. The smallest absolute Gasteiger partial charge is 0.149 e. The van der Waals surface area contributed by atoms with Gasteiger partial charge >= 0.3 is 0 Å². The molecule has 18 heavy (non-hydrogen) atoms. The predicted molar refractivity (Wildman–Crippen MR) is 67.8 cm³/mol. The van der Waals surface area contributed by atoms with E-state index in [2.05, 4.69) is 16.7 Å². The van der Waals surface area contributed by atoms with Crippen LogP contribution in [0.4, 0.5) is 14.5 Å². The van der Waals surface area contributed by atoms with Gasteiger partial charge in [0.15, 0.2) is 0 Å². The molecule has 1 aromatic carbocycles. The number of nitrogens with zero attached hydrogens (tertiary/aromatic N) is 2. The molecule has 2 saturated heterocycles. The van der Waals surface area contributed by atoms with Crippen molar-refractivity contribution in [3.05, 3.63) is 29.8 Å². The average Bonchev–Trinajstić information content (AvgIpc) is 2.75. The molecule has 2 heterocycles. The molecule has 4 heteroatoms. The number of fused-ring (bicyclic) bond motifs is 1. The molecule has 0 saturated carbocycles. The van der Waals surface area contributed by atoms with Gasteiger partial charge in [-0.2, -0.15) is 0 Å². The van der Waals surface area contributed by atoms with Crippen molar-refractivity contribution in [3.63, 3.8) is 0 Å². The molecule has 1 aromatic rings. The Balaban J connectivity index is 1.86. The van der Waals surface area contributed by atoms with Gasteiger partial charge in [-0.25, -0.2) is 8.78 Å². The molecule has 2 fully saturated rings. The van der Waals surface area contributed by atoms with Crippen LogP contribution in [0.2, 0.25) is 0 Å². The van der Waals surface area contributed by atoms with Crippen LogP contribution in [0.3, 0.4) is 0 Å². The monoisotopic (exact) mass is 252 g/mol. The minimum absolute atomic E-state index is 0.277. The van der Waals surface area contributed by atoms with Crippen molar-refractivity contribution in [2.75, 3.05) is 24.5 Å². The topological polar surface area (TPSA) is 6.48 Å². The SMILES string of the molecule is CC1CN2CCCC2CN1c1ccc(F)cc1F. The summed E-state index contributed by atoms with van der Waals surface area (Å²) in [6, 6.07) is 4.69. The summed E-state index contributed by atoms with van der Waals surface area (Å²) in [6.45, 7) is 5.09. The van der Waals surface area contributed by atoms with E-state index in [0.717, 1.165) is 25.7 Å². The standard InChI is InChI=1S/C14H18F2N2/c1-10-8-17-6-2-3-12(17)9-18(10)14-5-4-11(15)7-13(14)16/h4-5,7,10,12H,2-3,6,8-9H2,1H3. The summed E-state index contributed by atoms with van der Waals surface area (Å²) in [4.78, 5) is 4.57. The maximum atomic E-state index is 13.9. The van der Waals surface area contributed by atoms with E-state index >= 15 is 0 Å². The lowest BCUT2D eigenvalue weighted by atomic mass is 10.1. The van der Waals surface area contributed by atoms with Crippen LogP contribution >= 0.6 is 0 Å². The lowest BCUT2D eigenvalue weighted by molar-refractivity contribution is 0.202. The first-order chi connectivity index (χ1) is 8.65. The molecule has 3 rings (SSSR count). The predicted octanol–water partition coefficient (Wildman–Crippen LogP) is 2.64.